The van der Waals surface area contributed by atoms with Gasteiger partial charge in [0.1, 0.15) is 0 Å². The highest BCUT2D eigenvalue weighted by atomic mass is 35.5. The van der Waals surface area contributed by atoms with E-state index in [-0.39, 0.29) is 0 Å². The van der Waals surface area contributed by atoms with E-state index < -0.39 is 0 Å². The van der Waals surface area contributed by atoms with Gasteiger partial charge in [0, 0.05) is 24.6 Å². The molecule has 0 bridgehead atoms. The van der Waals surface area contributed by atoms with E-state index in [0.29, 0.717) is 10.6 Å². The number of carbonyl (C=O) groups excluding carboxylic acids is 1. The lowest BCUT2D eigenvalue weighted by Gasteiger charge is -2.03. The normalized spacial score (nSPS) is 10.4. The van der Waals surface area contributed by atoms with E-state index in [4.69, 9.17) is 11.6 Å². The number of halogens is 1. The largest absolute Gasteiger partial charge is 0.353 e. The smallest absolute Gasteiger partial charge is 0.208 e. The lowest BCUT2D eigenvalue weighted by Crippen LogP contribution is -2.07. The Bertz CT molecular complexity index is 571. The van der Waals surface area contributed by atoms with Crippen LogP contribution >= 0.6 is 34.7 Å². The third kappa shape index (κ3) is 3.01. The van der Waals surface area contributed by atoms with E-state index in [9.17, 15) is 4.79 Å². The molecule has 18 heavy (non-hydrogen) atoms. The molecule has 0 amide bonds. The molecule has 7 heteroatoms. The molecule has 0 saturated heterocycles. The zero-order valence-electron chi connectivity index (χ0n) is 9.75. The second kappa shape index (κ2) is 5.69. The molecule has 1 aromatic heterocycles. The van der Waals surface area contributed by atoms with Crippen LogP contribution in [0.3, 0.4) is 0 Å². The molecule has 0 unspecified atom stereocenters. The molecule has 0 aliphatic rings. The first-order chi connectivity index (χ1) is 8.60. The van der Waals surface area contributed by atoms with Gasteiger partial charge in [-0.3, -0.25) is 4.79 Å². The summed E-state index contributed by atoms with van der Waals surface area (Å²) in [4.78, 5) is 13.5. The van der Waals surface area contributed by atoms with Gasteiger partial charge in [0.15, 0.2) is 10.6 Å². The highest BCUT2D eigenvalue weighted by Crippen LogP contribution is 2.34. The average Bonchev–Trinajstić information content (AvgIpc) is 2.78. The maximum absolute atomic E-state index is 10.7. The SMILES string of the molecule is CN(C)c1nnc(Sc2ccc(C=O)c(Cl)c2)s1. The maximum atomic E-state index is 10.7. The van der Waals surface area contributed by atoms with Gasteiger partial charge in [0.25, 0.3) is 0 Å². The topological polar surface area (TPSA) is 46.1 Å². The van der Waals surface area contributed by atoms with Crippen molar-refractivity contribution in [3.8, 4) is 0 Å². The maximum Gasteiger partial charge on any atom is 0.208 e. The van der Waals surface area contributed by atoms with Gasteiger partial charge in [-0.2, -0.15) is 0 Å². The minimum Gasteiger partial charge on any atom is -0.353 e. The molecular weight excluding hydrogens is 290 g/mol. The van der Waals surface area contributed by atoms with Gasteiger partial charge in [0.2, 0.25) is 5.13 Å². The molecule has 0 atom stereocenters. The van der Waals surface area contributed by atoms with E-state index in [1.807, 2.05) is 25.1 Å². The summed E-state index contributed by atoms with van der Waals surface area (Å²) in [5.41, 5.74) is 0.493. The molecule has 1 aromatic carbocycles. The summed E-state index contributed by atoms with van der Waals surface area (Å²) in [5, 5.41) is 9.44. The van der Waals surface area contributed by atoms with Crippen LogP contribution in [0.2, 0.25) is 5.02 Å². The number of carbonyl (C=O) groups is 1. The molecule has 2 aromatic rings. The van der Waals surface area contributed by atoms with Crippen LogP contribution < -0.4 is 4.90 Å². The Labute approximate surface area is 118 Å². The van der Waals surface area contributed by atoms with Crippen LogP contribution in [0.15, 0.2) is 27.4 Å². The predicted octanol–water partition coefficient (Wildman–Crippen LogP) is 3.22. The van der Waals surface area contributed by atoms with Crippen LogP contribution in [0, 0.1) is 0 Å². The van der Waals surface area contributed by atoms with Crippen molar-refractivity contribution in [3.05, 3.63) is 28.8 Å². The summed E-state index contributed by atoms with van der Waals surface area (Å²) < 4.78 is 0.841. The molecule has 0 radical (unpaired) electrons. The quantitative estimate of drug-likeness (QED) is 0.811. The van der Waals surface area contributed by atoms with Gasteiger partial charge in [0.05, 0.1) is 5.02 Å². The fourth-order valence-electron chi connectivity index (χ4n) is 1.19. The number of hydrogen-bond donors (Lipinski definition) is 0. The summed E-state index contributed by atoms with van der Waals surface area (Å²) in [6, 6.07) is 5.30. The van der Waals surface area contributed by atoms with E-state index in [1.165, 1.54) is 23.1 Å². The second-order valence-corrected chi connectivity index (χ2v) is 6.33. The molecule has 0 saturated carbocycles. The van der Waals surface area contributed by atoms with Crippen LogP contribution in [0.5, 0.6) is 0 Å². The standard InChI is InChI=1S/C11H10ClN3OS2/c1-15(2)10-13-14-11(18-10)17-8-4-3-7(6-16)9(12)5-8/h3-6H,1-2H3. The number of rotatable bonds is 4. The fourth-order valence-corrected chi connectivity index (χ4v) is 3.26. The van der Waals surface area contributed by atoms with Crippen LogP contribution in [-0.4, -0.2) is 30.6 Å². The van der Waals surface area contributed by atoms with Crippen molar-refractivity contribution in [3.63, 3.8) is 0 Å². The van der Waals surface area contributed by atoms with Crippen molar-refractivity contribution in [2.24, 2.45) is 0 Å². The van der Waals surface area contributed by atoms with E-state index in [0.717, 1.165) is 20.7 Å². The molecule has 0 spiro atoms. The van der Waals surface area contributed by atoms with Crippen molar-refractivity contribution in [1.29, 1.82) is 0 Å². The van der Waals surface area contributed by atoms with E-state index in [2.05, 4.69) is 10.2 Å². The van der Waals surface area contributed by atoms with Gasteiger partial charge in [-0.1, -0.05) is 34.7 Å². The predicted molar refractivity (Wildman–Crippen MR) is 75.2 cm³/mol. The second-order valence-electron chi connectivity index (χ2n) is 3.65. The molecule has 4 nitrogen and oxygen atoms in total. The summed E-state index contributed by atoms with van der Waals surface area (Å²) in [5.74, 6) is 0. The number of hydrogen-bond acceptors (Lipinski definition) is 6. The van der Waals surface area contributed by atoms with Gasteiger partial charge >= 0.3 is 0 Å². The Morgan fingerprint density at radius 3 is 2.72 bits per heavy atom. The number of nitrogens with zero attached hydrogens (tertiary/aromatic N) is 3. The number of anilines is 1. The van der Waals surface area contributed by atoms with Crippen molar-refractivity contribution >= 4 is 46.1 Å². The van der Waals surface area contributed by atoms with Gasteiger partial charge < -0.3 is 4.90 Å². The van der Waals surface area contributed by atoms with E-state index >= 15 is 0 Å². The van der Waals surface area contributed by atoms with E-state index in [1.54, 1.807) is 12.1 Å². The fraction of sp³-hybridized carbons (Fsp3) is 0.182. The third-order valence-corrected chi connectivity index (χ3v) is 4.54. The van der Waals surface area contributed by atoms with Crippen LogP contribution in [0.4, 0.5) is 5.13 Å². The Morgan fingerprint density at radius 2 is 2.17 bits per heavy atom. The lowest BCUT2D eigenvalue weighted by molar-refractivity contribution is 0.112. The summed E-state index contributed by atoms with van der Waals surface area (Å²) in [6.45, 7) is 0. The molecule has 0 aliphatic heterocycles. The summed E-state index contributed by atoms with van der Waals surface area (Å²) in [6.07, 6.45) is 0.742. The summed E-state index contributed by atoms with van der Waals surface area (Å²) >= 11 is 8.95. The van der Waals surface area contributed by atoms with Crippen molar-refractivity contribution in [2.45, 2.75) is 9.24 Å². The monoisotopic (exact) mass is 299 g/mol. The van der Waals surface area contributed by atoms with Crippen LogP contribution in [0.25, 0.3) is 0 Å². The molecular formula is C11H10ClN3OS2. The molecule has 94 valence electrons. The zero-order chi connectivity index (χ0) is 13.1. The molecule has 0 N–H and O–H groups in total. The Kier molecular flexibility index (Phi) is 4.21. The summed E-state index contributed by atoms with van der Waals surface area (Å²) in [7, 11) is 3.84. The number of aldehydes is 1. The highest BCUT2D eigenvalue weighted by Gasteiger charge is 2.08. The Hall–Kier alpha value is -1.11. The molecule has 1 heterocycles. The average molecular weight is 300 g/mol. The van der Waals surface area contributed by atoms with Gasteiger partial charge in [-0.25, -0.2) is 0 Å². The number of benzene rings is 1. The molecule has 2 rings (SSSR count). The Morgan fingerprint density at radius 1 is 1.39 bits per heavy atom. The first kappa shape index (κ1) is 13.3. The van der Waals surface area contributed by atoms with Crippen molar-refractivity contribution in [1.82, 2.24) is 10.2 Å². The first-order valence-corrected chi connectivity index (χ1v) is 7.04. The minimum absolute atomic E-state index is 0.451. The minimum atomic E-state index is 0.451. The first-order valence-electron chi connectivity index (χ1n) is 5.03. The van der Waals surface area contributed by atoms with Crippen LogP contribution in [-0.2, 0) is 0 Å². The zero-order valence-corrected chi connectivity index (χ0v) is 12.1. The van der Waals surface area contributed by atoms with Crippen molar-refractivity contribution < 1.29 is 4.79 Å². The van der Waals surface area contributed by atoms with Crippen molar-refractivity contribution in [2.75, 3.05) is 19.0 Å². The van der Waals surface area contributed by atoms with Gasteiger partial charge in [-0.05, 0) is 18.2 Å². The van der Waals surface area contributed by atoms with Gasteiger partial charge in [-0.15, -0.1) is 10.2 Å². The Balaban J connectivity index is 2.17. The highest BCUT2D eigenvalue weighted by molar-refractivity contribution is 8.01. The van der Waals surface area contributed by atoms with Crippen LogP contribution in [0.1, 0.15) is 10.4 Å². The molecule has 0 aliphatic carbocycles. The lowest BCUT2D eigenvalue weighted by atomic mass is 10.2. The number of aromatic nitrogens is 2. The third-order valence-electron chi connectivity index (χ3n) is 2.08. The molecule has 0 fully saturated rings.